The summed E-state index contributed by atoms with van der Waals surface area (Å²) in [7, 11) is -3.19. The van der Waals surface area contributed by atoms with E-state index in [4.69, 9.17) is 4.74 Å². The number of anilines is 1. The summed E-state index contributed by atoms with van der Waals surface area (Å²) in [4.78, 5) is 42.9. The summed E-state index contributed by atoms with van der Waals surface area (Å²) < 4.78 is 29.0. The molecule has 0 bridgehead atoms. The number of amides is 2. The average molecular weight is 579 g/mol. The van der Waals surface area contributed by atoms with Crippen molar-refractivity contribution in [1.29, 1.82) is 0 Å². The zero-order valence-electron chi connectivity index (χ0n) is 23.1. The largest absolute Gasteiger partial charge is 0.477 e. The second kappa shape index (κ2) is 11.5. The van der Waals surface area contributed by atoms with Gasteiger partial charge in [-0.3, -0.25) is 4.79 Å². The van der Waals surface area contributed by atoms with Crippen LogP contribution in [-0.2, 0) is 19.4 Å². The number of nitrogens with zero attached hydrogens (tertiary/aromatic N) is 2. The molecule has 1 aromatic rings. The van der Waals surface area contributed by atoms with Crippen molar-refractivity contribution in [2.75, 3.05) is 29.5 Å². The van der Waals surface area contributed by atoms with Crippen molar-refractivity contribution >= 4 is 44.8 Å². The number of carboxylic acids is 1. The highest BCUT2D eigenvalue weighted by molar-refractivity contribution is 7.91. The van der Waals surface area contributed by atoms with Gasteiger partial charge in [-0.05, 0) is 71.3 Å². The van der Waals surface area contributed by atoms with Crippen LogP contribution in [-0.4, -0.2) is 73.1 Å². The van der Waals surface area contributed by atoms with Crippen LogP contribution in [0.5, 0.6) is 0 Å². The third-order valence-corrected chi connectivity index (χ3v) is 10.3. The van der Waals surface area contributed by atoms with Crippen LogP contribution in [0.2, 0.25) is 0 Å². The molecule has 214 valence electrons. The molecule has 0 radical (unpaired) electrons. The van der Waals surface area contributed by atoms with Crippen molar-refractivity contribution in [2.45, 2.75) is 78.4 Å². The minimum absolute atomic E-state index is 0.00637. The maximum Gasteiger partial charge on any atom is 0.410 e. The lowest BCUT2D eigenvalue weighted by Gasteiger charge is -2.34. The van der Waals surface area contributed by atoms with E-state index >= 15 is 0 Å². The van der Waals surface area contributed by atoms with Gasteiger partial charge in [0.15, 0.2) is 9.84 Å². The average Bonchev–Trinajstić information content (AvgIpc) is 3.57. The fourth-order valence-electron chi connectivity index (χ4n) is 5.41. The molecule has 39 heavy (non-hydrogen) atoms. The maximum absolute atomic E-state index is 14.0. The molecule has 11 heteroatoms. The Kier molecular flexibility index (Phi) is 8.67. The van der Waals surface area contributed by atoms with E-state index in [9.17, 15) is 27.9 Å². The van der Waals surface area contributed by atoms with Crippen LogP contribution in [0.3, 0.4) is 0 Å². The zero-order valence-corrected chi connectivity index (χ0v) is 24.7. The molecule has 2 atom stereocenters. The Hall–Kier alpha value is -2.58. The van der Waals surface area contributed by atoms with Gasteiger partial charge in [0.05, 0.1) is 28.1 Å². The lowest BCUT2D eigenvalue weighted by Crippen LogP contribution is -2.47. The number of carbonyl (C=O) groups is 3. The summed E-state index contributed by atoms with van der Waals surface area (Å²) in [5.41, 5.74) is 0.0590. The van der Waals surface area contributed by atoms with Crippen LogP contribution in [0, 0.1) is 29.1 Å². The number of rotatable bonds is 5. The Morgan fingerprint density at radius 2 is 1.82 bits per heavy atom. The molecule has 3 aliphatic rings. The number of carboxylic acid groups (broad SMARTS) is 1. The first-order valence-corrected chi connectivity index (χ1v) is 16.3. The van der Waals surface area contributed by atoms with Crippen LogP contribution in [0.25, 0.3) is 0 Å². The lowest BCUT2D eigenvalue weighted by atomic mass is 9.82. The van der Waals surface area contributed by atoms with Gasteiger partial charge in [0, 0.05) is 24.4 Å². The third kappa shape index (κ3) is 7.34. The van der Waals surface area contributed by atoms with Gasteiger partial charge >= 0.3 is 12.1 Å². The molecular weight excluding hydrogens is 540 g/mol. The Bertz CT molecular complexity index is 1280. The molecule has 2 saturated heterocycles. The molecule has 3 fully saturated rings. The van der Waals surface area contributed by atoms with Crippen LogP contribution in [0.1, 0.15) is 80.8 Å². The van der Waals surface area contributed by atoms with E-state index in [1.165, 1.54) is 4.90 Å². The third-order valence-electron chi connectivity index (χ3n) is 7.57. The second-order valence-corrected chi connectivity index (χ2v) is 15.4. The summed E-state index contributed by atoms with van der Waals surface area (Å²) in [5, 5.41) is 10.1. The molecule has 3 heterocycles. The molecule has 4 rings (SSSR count). The number of aromatic carboxylic acids is 1. The van der Waals surface area contributed by atoms with Crippen molar-refractivity contribution in [3.05, 3.63) is 15.8 Å². The number of carbonyl (C=O) groups excluding carboxylic acids is 2. The topological polar surface area (TPSA) is 121 Å². The van der Waals surface area contributed by atoms with Gasteiger partial charge in [-0.2, -0.15) is 0 Å². The summed E-state index contributed by atoms with van der Waals surface area (Å²) in [6.45, 7) is 8.61. The summed E-state index contributed by atoms with van der Waals surface area (Å²) in [6.07, 6.45) is 2.85. The predicted molar refractivity (Wildman–Crippen MR) is 150 cm³/mol. The van der Waals surface area contributed by atoms with E-state index in [2.05, 4.69) is 18.8 Å². The maximum atomic E-state index is 14.0. The number of hydrogen-bond acceptors (Lipinski definition) is 7. The van der Waals surface area contributed by atoms with Gasteiger partial charge in [0.1, 0.15) is 11.0 Å². The molecular formula is C28H38N2O7S2. The number of likely N-dealkylation sites (tertiary alicyclic amines) is 1. The molecule has 1 aliphatic carbocycles. The fourth-order valence-corrected chi connectivity index (χ4v) is 7.84. The normalized spacial score (nSPS) is 26.5. The molecule has 1 N–H and O–H groups in total. The minimum atomic E-state index is -3.19. The quantitative estimate of drug-likeness (QED) is 0.514. The molecule has 0 spiro atoms. The monoisotopic (exact) mass is 578 g/mol. The molecule has 1 saturated carbocycles. The standard InChI is InChI=1S/C28H38N2O7S2/c1-18-5-7-19(8-6-18)25(31)30(23-15-22(9-12-28(2,3)4)38-24(23)26(32)33)20-10-13-29(16-20)27(34)37-21-11-14-39(35,36)17-21/h15,18-21H,5-8,10-11,13-14,16-17H2,1-4H3,(H,32,33)/t18-,19-,20-,21?/m0/s1. The van der Waals surface area contributed by atoms with Crippen LogP contribution >= 0.6 is 11.3 Å². The highest BCUT2D eigenvalue weighted by atomic mass is 32.2. The lowest BCUT2D eigenvalue weighted by molar-refractivity contribution is -0.124. The Morgan fingerprint density at radius 1 is 1.13 bits per heavy atom. The zero-order chi connectivity index (χ0) is 28.5. The SMILES string of the molecule is CC(C)(C)C#Cc1cc(N(C(=O)[C@H]2CC[C@H](C)CC2)[C@H]2CCN(C(=O)OC3CCS(=O)(=O)C3)C2)c(C(=O)O)s1. The molecule has 0 aromatic carbocycles. The van der Waals surface area contributed by atoms with Gasteiger partial charge in [0.25, 0.3) is 0 Å². The van der Waals surface area contributed by atoms with E-state index in [1.54, 1.807) is 11.0 Å². The van der Waals surface area contributed by atoms with E-state index in [0.29, 0.717) is 29.4 Å². The molecule has 9 nitrogen and oxygen atoms in total. The molecule has 2 aliphatic heterocycles. The van der Waals surface area contributed by atoms with Crippen LogP contribution in [0.4, 0.5) is 10.5 Å². The molecule has 1 aromatic heterocycles. The number of ether oxygens (including phenoxy) is 1. The number of hydrogen-bond donors (Lipinski definition) is 1. The van der Waals surface area contributed by atoms with E-state index in [0.717, 1.165) is 37.0 Å². The van der Waals surface area contributed by atoms with Gasteiger partial charge in [-0.1, -0.05) is 18.8 Å². The smallest absolute Gasteiger partial charge is 0.410 e. The second-order valence-electron chi connectivity index (χ2n) is 12.1. The first-order valence-electron chi connectivity index (χ1n) is 13.6. The van der Waals surface area contributed by atoms with Crippen LogP contribution in [0.15, 0.2) is 6.07 Å². The summed E-state index contributed by atoms with van der Waals surface area (Å²) in [6, 6.07) is 1.27. The van der Waals surface area contributed by atoms with Gasteiger partial charge in [-0.15, -0.1) is 11.3 Å². The van der Waals surface area contributed by atoms with Gasteiger partial charge in [0.2, 0.25) is 5.91 Å². The first kappa shape index (κ1) is 29.4. The highest BCUT2D eigenvalue weighted by Gasteiger charge is 2.41. The minimum Gasteiger partial charge on any atom is -0.477 e. The highest BCUT2D eigenvalue weighted by Crippen LogP contribution is 2.38. The Balaban J connectivity index is 1.61. The number of sulfone groups is 1. The predicted octanol–water partition coefficient (Wildman–Crippen LogP) is 4.40. The Labute approximate surface area is 234 Å². The van der Waals surface area contributed by atoms with E-state index in [-0.39, 0.29) is 46.6 Å². The van der Waals surface area contributed by atoms with Crippen molar-refractivity contribution in [3.63, 3.8) is 0 Å². The first-order chi connectivity index (χ1) is 18.2. The van der Waals surface area contributed by atoms with Crippen molar-refractivity contribution < 1.29 is 32.6 Å². The number of thiophene rings is 1. The van der Waals surface area contributed by atoms with Gasteiger partial charge in [-0.25, -0.2) is 18.0 Å². The Morgan fingerprint density at radius 3 is 2.41 bits per heavy atom. The summed E-state index contributed by atoms with van der Waals surface area (Å²) >= 11 is 1.06. The summed E-state index contributed by atoms with van der Waals surface area (Å²) in [5.74, 6) is 5.16. The van der Waals surface area contributed by atoms with Crippen LogP contribution < -0.4 is 4.90 Å². The van der Waals surface area contributed by atoms with Crippen molar-refractivity contribution in [2.24, 2.45) is 17.3 Å². The van der Waals surface area contributed by atoms with E-state index in [1.807, 2.05) is 20.8 Å². The molecule has 1 unspecified atom stereocenters. The van der Waals surface area contributed by atoms with E-state index < -0.39 is 34.0 Å². The van der Waals surface area contributed by atoms with Gasteiger partial charge < -0.3 is 19.6 Å². The molecule has 2 amide bonds. The fraction of sp³-hybridized carbons (Fsp3) is 0.679. The van der Waals surface area contributed by atoms with Crippen molar-refractivity contribution in [3.8, 4) is 11.8 Å². The van der Waals surface area contributed by atoms with Crippen molar-refractivity contribution in [1.82, 2.24) is 4.90 Å².